The Bertz CT molecular complexity index is 299. The molecule has 0 bridgehead atoms. The summed E-state index contributed by atoms with van der Waals surface area (Å²) in [6.07, 6.45) is 4.82. The first-order chi connectivity index (χ1) is 6.79. The maximum absolute atomic E-state index is 4.35. The fourth-order valence-corrected chi connectivity index (χ4v) is 1.83. The zero-order valence-electron chi connectivity index (χ0n) is 8.41. The largest absolute Gasteiger partial charge is 0.352 e. The van der Waals surface area contributed by atoms with Crippen molar-refractivity contribution in [1.82, 2.24) is 4.98 Å². The summed E-state index contributed by atoms with van der Waals surface area (Å²) in [7, 11) is 0. The Balaban J connectivity index is 2.86. The van der Waals surface area contributed by atoms with E-state index in [9.17, 15) is 0 Å². The molecular weight excluding hydrogens is 240 g/mol. The highest BCUT2D eigenvalue weighted by Crippen LogP contribution is 2.22. The van der Waals surface area contributed by atoms with Crippen LogP contribution < -0.4 is 4.90 Å². The van der Waals surface area contributed by atoms with Crippen molar-refractivity contribution in [2.75, 3.05) is 18.0 Å². The van der Waals surface area contributed by atoms with Gasteiger partial charge >= 0.3 is 0 Å². The summed E-state index contributed by atoms with van der Waals surface area (Å²) in [6.45, 7) is 7.75. The van der Waals surface area contributed by atoms with Crippen LogP contribution >= 0.6 is 15.9 Å². The molecular formula is C11H15BrN2. The van der Waals surface area contributed by atoms with Gasteiger partial charge in [-0.3, -0.25) is 0 Å². The van der Waals surface area contributed by atoms with Crippen molar-refractivity contribution in [3.63, 3.8) is 0 Å². The van der Waals surface area contributed by atoms with E-state index in [0.717, 1.165) is 29.8 Å². The lowest BCUT2D eigenvalue weighted by Crippen LogP contribution is -2.25. The zero-order valence-corrected chi connectivity index (χ0v) is 10.00. The molecule has 0 fully saturated rings. The number of aromatic nitrogens is 1. The van der Waals surface area contributed by atoms with Gasteiger partial charge in [0.25, 0.3) is 0 Å². The molecule has 0 aliphatic heterocycles. The third kappa shape index (κ3) is 2.84. The predicted molar refractivity (Wildman–Crippen MR) is 64.6 cm³/mol. The third-order valence-corrected chi connectivity index (χ3v) is 2.50. The van der Waals surface area contributed by atoms with Crippen molar-refractivity contribution < 1.29 is 0 Å². The zero-order chi connectivity index (χ0) is 10.4. The van der Waals surface area contributed by atoms with Crippen molar-refractivity contribution >= 4 is 21.7 Å². The lowest BCUT2D eigenvalue weighted by Gasteiger charge is -2.22. The Morgan fingerprint density at radius 2 is 2.43 bits per heavy atom. The normalized spacial score (nSPS) is 9.86. The minimum Gasteiger partial charge on any atom is -0.352 e. The van der Waals surface area contributed by atoms with E-state index >= 15 is 0 Å². The molecule has 0 spiro atoms. The summed E-state index contributed by atoms with van der Waals surface area (Å²) >= 11 is 3.50. The van der Waals surface area contributed by atoms with Gasteiger partial charge in [0.1, 0.15) is 5.82 Å². The molecule has 0 aliphatic carbocycles. The van der Waals surface area contributed by atoms with Crippen molar-refractivity contribution in [3.8, 4) is 0 Å². The van der Waals surface area contributed by atoms with Crippen LogP contribution in [0.15, 0.2) is 35.5 Å². The molecule has 76 valence electrons. The Morgan fingerprint density at radius 3 is 3.00 bits per heavy atom. The van der Waals surface area contributed by atoms with Gasteiger partial charge in [0.05, 0.1) is 4.47 Å². The fourth-order valence-electron chi connectivity index (χ4n) is 1.32. The third-order valence-electron chi connectivity index (χ3n) is 1.88. The molecule has 3 heteroatoms. The van der Waals surface area contributed by atoms with Crippen LogP contribution in [-0.2, 0) is 0 Å². The standard InChI is InChI=1S/C11H15BrN2/c1-3-8-14(9-4-2)11-10(12)6-5-7-13-11/h3,5-7H,1,4,8-9H2,2H3. The van der Waals surface area contributed by atoms with Crippen molar-refractivity contribution in [2.24, 2.45) is 0 Å². The smallest absolute Gasteiger partial charge is 0.143 e. The second-order valence-corrected chi connectivity index (χ2v) is 3.90. The maximum Gasteiger partial charge on any atom is 0.143 e. The Kier molecular flexibility index (Phi) is 4.66. The summed E-state index contributed by atoms with van der Waals surface area (Å²) in [4.78, 5) is 6.55. The van der Waals surface area contributed by atoms with Crippen LogP contribution in [0.1, 0.15) is 13.3 Å². The quantitative estimate of drug-likeness (QED) is 0.751. The SMILES string of the molecule is C=CCN(CCC)c1ncccc1Br. The van der Waals surface area contributed by atoms with E-state index in [2.05, 4.69) is 39.3 Å². The number of halogens is 1. The van der Waals surface area contributed by atoms with Gasteiger partial charge in [0.2, 0.25) is 0 Å². The molecule has 1 aromatic rings. The van der Waals surface area contributed by atoms with Crippen LogP contribution in [0.25, 0.3) is 0 Å². The number of anilines is 1. The topological polar surface area (TPSA) is 16.1 Å². The van der Waals surface area contributed by atoms with E-state index in [1.807, 2.05) is 24.4 Å². The van der Waals surface area contributed by atoms with Gasteiger partial charge in [-0.1, -0.05) is 13.0 Å². The second kappa shape index (κ2) is 5.81. The summed E-state index contributed by atoms with van der Waals surface area (Å²) in [6, 6.07) is 3.93. The fraction of sp³-hybridized carbons (Fsp3) is 0.364. The highest BCUT2D eigenvalue weighted by molar-refractivity contribution is 9.10. The minimum absolute atomic E-state index is 0.837. The first-order valence-electron chi connectivity index (χ1n) is 4.76. The van der Waals surface area contributed by atoms with Crippen LogP contribution in [0.2, 0.25) is 0 Å². The van der Waals surface area contributed by atoms with Crippen molar-refractivity contribution in [1.29, 1.82) is 0 Å². The van der Waals surface area contributed by atoms with E-state index in [0.29, 0.717) is 0 Å². The van der Waals surface area contributed by atoms with E-state index in [4.69, 9.17) is 0 Å². The van der Waals surface area contributed by atoms with E-state index in [-0.39, 0.29) is 0 Å². The van der Waals surface area contributed by atoms with E-state index in [1.165, 1.54) is 0 Å². The Morgan fingerprint density at radius 1 is 1.64 bits per heavy atom. The summed E-state index contributed by atoms with van der Waals surface area (Å²) in [5.74, 6) is 0.995. The molecule has 0 saturated carbocycles. The van der Waals surface area contributed by atoms with Gasteiger partial charge in [-0.2, -0.15) is 0 Å². The molecule has 0 atom stereocenters. The molecule has 14 heavy (non-hydrogen) atoms. The predicted octanol–water partition coefficient (Wildman–Crippen LogP) is 3.25. The number of hydrogen-bond donors (Lipinski definition) is 0. The Labute approximate surface area is 93.8 Å². The summed E-state index contributed by atoms with van der Waals surface area (Å²) in [5.41, 5.74) is 0. The van der Waals surface area contributed by atoms with Crippen LogP contribution in [0.4, 0.5) is 5.82 Å². The molecule has 2 nitrogen and oxygen atoms in total. The van der Waals surface area contributed by atoms with Crippen LogP contribution in [-0.4, -0.2) is 18.1 Å². The lowest BCUT2D eigenvalue weighted by molar-refractivity contribution is 0.800. The highest BCUT2D eigenvalue weighted by atomic mass is 79.9. The number of rotatable bonds is 5. The van der Waals surface area contributed by atoms with Gasteiger partial charge in [-0.25, -0.2) is 4.98 Å². The molecule has 1 heterocycles. The second-order valence-electron chi connectivity index (χ2n) is 3.04. The summed E-state index contributed by atoms with van der Waals surface area (Å²) < 4.78 is 1.04. The molecule has 1 rings (SSSR count). The number of hydrogen-bond acceptors (Lipinski definition) is 2. The van der Waals surface area contributed by atoms with Gasteiger partial charge in [-0.05, 0) is 34.5 Å². The molecule has 0 saturated heterocycles. The van der Waals surface area contributed by atoms with Crippen molar-refractivity contribution in [3.05, 3.63) is 35.5 Å². The van der Waals surface area contributed by atoms with Crippen molar-refractivity contribution in [2.45, 2.75) is 13.3 Å². The molecule has 0 amide bonds. The van der Waals surface area contributed by atoms with Crippen LogP contribution in [0, 0.1) is 0 Å². The van der Waals surface area contributed by atoms with E-state index in [1.54, 1.807) is 0 Å². The average Bonchev–Trinajstić information content (AvgIpc) is 2.18. The van der Waals surface area contributed by atoms with Crippen LogP contribution in [0.3, 0.4) is 0 Å². The minimum atomic E-state index is 0.837. The van der Waals surface area contributed by atoms with Gasteiger partial charge in [-0.15, -0.1) is 6.58 Å². The van der Waals surface area contributed by atoms with Crippen LogP contribution in [0.5, 0.6) is 0 Å². The molecule has 0 N–H and O–H groups in total. The Hall–Kier alpha value is -0.830. The molecule has 0 radical (unpaired) electrons. The molecule has 0 unspecified atom stereocenters. The van der Waals surface area contributed by atoms with Gasteiger partial charge < -0.3 is 4.90 Å². The summed E-state index contributed by atoms with van der Waals surface area (Å²) in [5, 5.41) is 0. The molecule has 0 aromatic carbocycles. The van der Waals surface area contributed by atoms with Gasteiger partial charge in [0, 0.05) is 19.3 Å². The van der Waals surface area contributed by atoms with E-state index < -0.39 is 0 Å². The molecule has 0 aliphatic rings. The molecule has 1 aromatic heterocycles. The average molecular weight is 255 g/mol. The lowest BCUT2D eigenvalue weighted by atomic mass is 10.3. The highest BCUT2D eigenvalue weighted by Gasteiger charge is 2.07. The first kappa shape index (κ1) is 11.2. The first-order valence-corrected chi connectivity index (χ1v) is 5.55. The van der Waals surface area contributed by atoms with Gasteiger partial charge in [0.15, 0.2) is 0 Å². The monoisotopic (exact) mass is 254 g/mol. The number of pyridine rings is 1. The maximum atomic E-state index is 4.35. The number of nitrogens with zero attached hydrogens (tertiary/aromatic N) is 2.